The second kappa shape index (κ2) is 4.30. The smallest absolute Gasteiger partial charge is 0.140 e. The van der Waals surface area contributed by atoms with Gasteiger partial charge in [0, 0.05) is 22.7 Å². The van der Waals surface area contributed by atoms with Gasteiger partial charge in [-0.3, -0.25) is 0 Å². The van der Waals surface area contributed by atoms with Crippen molar-refractivity contribution in [1.82, 2.24) is 9.55 Å². The van der Waals surface area contributed by atoms with Crippen molar-refractivity contribution in [2.24, 2.45) is 7.05 Å². The second-order valence-electron chi connectivity index (χ2n) is 4.13. The van der Waals surface area contributed by atoms with Gasteiger partial charge < -0.3 is 4.57 Å². The summed E-state index contributed by atoms with van der Waals surface area (Å²) in [7, 11) is 1.99. The Balaban J connectivity index is 2.23. The van der Waals surface area contributed by atoms with Crippen LogP contribution in [0.25, 0.3) is 22.4 Å². The maximum atomic E-state index is 5.98. The first-order chi connectivity index (χ1) is 8.65. The summed E-state index contributed by atoms with van der Waals surface area (Å²) in [6.07, 6.45) is 0. The van der Waals surface area contributed by atoms with Crippen LogP contribution in [0.2, 0.25) is 10.0 Å². The van der Waals surface area contributed by atoms with Gasteiger partial charge in [0.2, 0.25) is 0 Å². The van der Waals surface area contributed by atoms with Crippen molar-refractivity contribution >= 4 is 34.2 Å². The highest BCUT2D eigenvalue weighted by atomic mass is 35.5. The number of rotatable bonds is 1. The molecule has 0 radical (unpaired) electrons. The van der Waals surface area contributed by atoms with E-state index < -0.39 is 0 Å². The molecular formula is C14H10Cl2N2. The van der Waals surface area contributed by atoms with E-state index in [1.54, 1.807) is 0 Å². The number of aryl methyl sites for hydroxylation is 1. The minimum Gasteiger partial charge on any atom is -0.327 e. The lowest BCUT2D eigenvalue weighted by Gasteiger charge is -2.02. The maximum absolute atomic E-state index is 5.98. The zero-order valence-corrected chi connectivity index (χ0v) is 11.2. The third-order valence-electron chi connectivity index (χ3n) is 2.95. The van der Waals surface area contributed by atoms with Crippen molar-refractivity contribution in [3.63, 3.8) is 0 Å². The number of fused-ring (bicyclic) bond motifs is 1. The van der Waals surface area contributed by atoms with Gasteiger partial charge >= 0.3 is 0 Å². The average Bonchev–Trinajstić information content (AvgIpc) is 2.67. The van der Waals surface area contributed by atoms with E-state index in [4.69, 9.17) is 23.2 Å². The van der Waals surface area contributed by atoms with E-state index in [2.05, 4.69) is 9.55 Å². The van der Waals surface area contributed by atoms with E-state index in [-0.39, 0.29) is 0 Å². The monoisotopic (exact) mass is 276 g/mol. The fourth-order valence-corrected chi connectivity index (χ4v) is 2.32. The number of halogens is 2. The summed E-state index contributed by atoms with van der Waals surface area (Å²) in [4.78, 5) is 4.61. The molecule has 2 nitrogen and oxygen atoms in total. The molecule has 3 aromatic rings. The van der Waals surface area contributed by atoms with Crippen LogP contribution < -0.4 is 0 Å². The van der Waals surface area contributed by atoms with Crippen LogP contribution in [0.1, 0.15) is 0 Å². The van der Waals surface area contributed by atoms with Crippen molar-refractivity contribution in [2.75, 3.05) is 0 Å². The first-order valence-corrected chi connectivity index (χ1v) is 6.28. The molecule has 0 atom stereocenters. The maximum Gasteiger partial charge on any atom is 0.140 e. The molecule has 90 valence electrons. The number of nitrogens with zero attached hydrogens (tertiary/aromatic N) is 2. The molecule has 0 aliphatic heterocycles. The molecule has 0 saturated heterocycles. The molecule has 0 N–H and O–H groups in total. The lowest BCUT2D eigenvalue weighted by molar-refractivity contribution is 0.959. The SMILES string of the molecule is Cn1c(-c2ccc(Cl)cc2)nc2cc(Cl)ccc21. The molecule has 0 saturated carbocycles. The highest BCUT2D eigenvalue weighted by Crippen LogP contribution is 2.26. The second-order valence-corrected chi connectivity index (χ2v) is 5.01. The quantitative estimate of drug-likeness (QED) is 0.638. The fourth-order valence-electron chi connectivity index (χ4n) is 2.03. The third-order valence-corrected chi connectivity index (χ3v) is 3.43. The largest absolute Gasteiger partial charge is 0.327 e. The van der Waals surface area contributed by atoms with Crippen molar-refractivity contribution in [3.8, 4) is 11.4 Å². The predicted octanol–water partition coefficient (Wildman–Crippen LogP) is 4.55. The molecule has 0 aliphatic carbocycles. The van der Waals surface area contributed by atoms with Crippen LogP contribution in [-0.4, -0.2) is 9.55 Å². The Morgan fingerprint density at radius 2 is 1.61 bits per heavy atom. The van der Waals surface area contributed by atoms with E-state index in [1.165, 1.54) is 0 Å². The molecule has 0 fully saturated rings. The summed E-state index contributed by atoms with van der Waals surface area (Å²) >= 11 is 11.9. The first-order valence-electron chi connectivity index (χ1n) is 5.53. The number of aromatic nitrogens is 2. The predicted molar refractivity (Wildman–Crippen MR) is 76.2 cm³/mol. The van der Waals surface area contributed by atoms with Crippen molar-refractivity contribution < 1.29 is 0 Å². The molecule has 2 aromatic carbocycles. The highest BCUT2D eigenvalue weighted by molar-refractivity contribution is 6.31. The van der Waals surface area contributed by atoms with E-state index in [1.807, 2.05) is 49.5 Å². The van der Waals surface area contributed by atoms with Crippen LogP contribution in [-0.2, 0) is 7.05 Å². The Morgan fingerprint density at radius 1 is 0.944 bits per heavy atom. The number of hydrogen-bond acceptors (Lipinski definition) is 1. The number of hydrogen-bond donors (Lipinski definition) is 0. The van der Waals surface area contributed by atoms with Gasteiger partial charge in [0.25, 0.3) is 0 Å². The molecule has 0 spiro atoms. The Hall–Kier alpha value is -1.51. The topological polar surface area (TPSA) is 17.8 Å². The summed E-state index contributed by atoms with van der Waals surface area (Å²) in [5.41, 5.74) is 2.99. The van der Waals surface area contributed by atoms with Crippen LogP contribution in [0, 0.1) is 0 Å². The Labute approximate surface area is 115 Å². The summed E-state index contributed by atoms with van der Waals surface area (Å²) < 4.78 is 2.05. The van der Waals surface area contributed by atoms with Crippen LogP contribution in [0.4, 0.5) is 0 Å². The Morgan fingerprint density at radius 3 is 2.33 bits per heavy atom. The minimum absolute atomic E-state index is 0.697. The molecule has 0 bridgehead atoms. The van der Waals surface area contributed by atoms with E-state index >= 15 is 0 Å². The molecule has 1 heterocycles. The highest BCUT2D eigenvalue weighted by Gasteiger charge is 2.09. The first kappa shape index (κ1) is 11.6. The van der Waals surface area contributed by atoms with Crippen LogP contribution in [0.15, 0.2) is 42.5 Å². The van der Waals surface area contributed by atoms with Crippen molar-refractivity contribution in [1.29, 1.82) is 0 Å². The zero-order chi connectivity index (χ0) is 12.7. The minimum atomic E-state index is 0.697. The van der Waals surface area contributed by atoms with Crippen LogP contribution >= 0.6 is 23.2 Å². The normalized spacial score (nSPS) is 11.1. The third kappa shape index (κ3) is 1.88. The molecule has 0 unspecified atom stereocenters. The summed E-state index contributed by atoms with van der Waals surface area (Å²) in [6, 6.07) is 13.4. The standard InChI is InChI=1S/C14H10Cl2N2/c1-18-13-7-6-11(16)8-12(13)17-14(18)9-2-4-10(15)5-3-9/h2-8H,1H3. The molecule has 18 heavy (non-hydrogen) atoms. The molecule has 3 rings (SSSR count). The molecular weight excluding hydrogens is 267 g/mol. The summed E-state index contributed by atoms with van der Waals surface area (Å²) in [5.74, 6) is 0.906. The van der Waals surface area contributed by atoms with Crippen molar-refractivity contribution in [2.45, 2.75) is 0 Å². The molecule has 0 aliphatic rings. The van der Waals surface area contributed by atoms with Gasteiger partial charge in [-0.2, -0.15) is 0 Å². The lowest BCUT2D eigenvalue weighted by Crippen LogP contribution is -1.91. The Kier molecular flexibility index (Phi) is 2.77. The van der Waals surface area contributed by atoms with Gasteiger partial charge in [0.15, 0.2) is 0 Å². The van der Waals surface area contributed by atoms with Gasteiger partial charge in [-0.05, 0) is 42.5 Å². The van der Waals surface area contributed by atoms with Gasteiger partial charge in [0.05, 0.1) is 11.0 Å². The molecule has 4 heteroatoms. The lowest BCUT2D eigenvalue weighted by atomic mass is 10.2. The van der Waals surface area contributed by atoms with Gasteiger partial charge in [0.1, 0.15) is 5.82 Å². The average molecular weight is 277 g/mol. The summed E-state index contributed by atoms with van der Waals surface area (Å²) in [5, 5.41) is 1.42. The van der Waals surface area contributed by atoms with Gasteiger partial charge in [-0.15, -0.1) is 0 Å². The van der Waals surface area contributed by atoms with Crippen molar-refractivity contribution in [3.05, 3.63) is 52.5 Å². The fraction of sp³-hybridized carbons (Fsp3) is 0.0714. The van der Waals surface area contributed by atoms with E-state index in [0.29, 0.717) is 5.02 Å². The van der Waals surface area contributed by atoms with Gasteiger partial charge in [-0.25, -0.2) is 4.98 Å². The Bertz CT molecular complexity index is 714. The van der Waals surface area contributed by atoms with E-state index in [9.17, 15) is 0 Å². The zero-order valence-electron chi connectivity index (χ0n) is 9.69. The van der Waals surface area contributed by atoms with Crippen LogP contribution in [0.5, 0.6) is 0 Å². The molecule has 1 aromatic heterocycles. The number of benzene rings is 2. The molecule has 0 amide bonds. The summed E-state index contributed by atoms with van der Waals surface area (Å²) in [6.45, 7) is 0. The number of imidazole rings is 1. The van der Waals surface area contributed by atoms with Gasteiger partial charge in [-0.1, -0.05) is 23.2 Å². The van der Waals surface area contributed by atoms with E-state index in [0.717, 1.165) is 27.4 Å². The van der Waals surface area contributed by atoms with Crippen LogP contribution in [0.3, 0.4) is 0 Å².